The quantitative estimate of drug-likeness (QED) is 0.752. The Kier molecular flexibility index (Phi) is 3.77. The third-order valence-corrected chi connectivity index (χ3v) is 3.58. The first-order chi connectivity index (χ1) is 10.1. The molecule has 0 bridgehead atoms. The Morgan fingerprint density at radius 1 is 1.10 bits per heavy atom. The Labute approximate surface area is 131 Å². The van der Waals surface area contributed by atoms with Gasteiger partial charge in [0.15, 0.2) is 5.82 Å². The van der Waals surface area contributed by atoms with Crippen LogP contribution in [0.15, 0.2) is 42.5 Å². The lowest BCUT2D eigenvalue weighted by Crippen LogP contribution is -2.05. The normalized spacial score (nSPS) is 10.8. The highest BCUT2D eigenvalue weighted by molar-refractivity contribution is 6.31. The maximum absolute atomic E-state index is 6.17. The fourth-order valence-electron chi connectivity index (χ4n) is 2.05. The molecule has 0 aliphatic carbocycles. The smallest absolute Gasteiger partial charge is 0.182 e. The highest BCUT2D eigenvalue weighted by atomic mass is 35.5. The molecule has 106 valence electrons. The molecule has 0 aliphatic rings. The summed E-state index contributed by atoms with van der Waals surface area (Å²) in [6.45, 7) is 0.467. The minimum atomic E-state index is 0.467. The number of benzene rings is 2. The number of nitrogens with zero attached hydrogens (tertiary/aromatic N) is 4. The van der Waals surface area contributed by atoms with Gasteiger partial charge in [0, 0.05) is 21.3 Å². The van der Waals surface area contributed by atoms with E-state index in [1.165, 1.54) is 0 Å². The maximum Gasteiger partial charge on any atom is 0.182 e. The van der Waals surface area contributed by atoms with Crippen molar-refractivity contribution < 1.29 is 0 Å². The molecule has 5 nitrogen and oxygen atoms in total. The molecule has 0 unspecified atom stereocenters. The van der Waals surface area contributed by atoms with Crippen molar-refractivity contribution in [3.63, 3.8) is 0 Å². The Morgan fingerprint density at radius 2 is 1.90 bits per heavy atom. The molecule has 2 N–H and O–H groups in total. The first-order valence-electron chi connectivity index (χ1n) is 6.19. The third kappa shape index (κ3) is 2.99. The number of anilines is 1. The molecule has 0 aliphatic heterocycles. The van der Waals surface area contributed by atoms with Crippen molar-refractivity contribution in [2.45, 2.75) is 6.54 Å². The zero-order valence-corrected chi connectivity index (χ0v) is 12.4. The van der Waals surface area contributed by atoms with E-state index in [-0.39, 0.29) is 0 Å². The summed E-state index contributed by atoms with van der Waals surface area (Å²) in [6, 6.07) is 12.8. The molecule has 2 aromatic carbocycles. The summed E-state index contributed by atoms with van der Waals surface area (Å²) in [5, 5.41) is 13.0. The van der Waals surface area contributed by atoms with Gasteiger partial charge in [0.1, 0.15) is 0 Å². The van der Waals surface area contributed by atoms with Crippen molar-refractivity contribution >= 4 is 28.9 Å². The molecular weight excluding hydrogens is 309 g/mol. The number of aromatic nitrogens is 4. The molecule has 1 aromatic heterocycles. The van der Waals surface area contributed by atoms with Crippen LogP contribution in [0.4, 0.5) is 5.69 Å². The van der Waals surface area contributed by atoms with Crippen LogP contribution in [0.1, 0.15) is 5.56 Å². The first-order valence-corrected chi connectivity index (χ1v) is 6.95. The Bertz CT molecular complexity index is 764. The van der Waals surface area contributed by atoms with Gasteiger partial charge in [0.25, 0.3) is 0 Å². The summed E-state index contributed by atoms with van der Waals surface area (Å²) < 4.78 is 1.66. The van der Waals surface area contributed by atoms with Gasteiger partial charge in [-0.25, -0.2) is 4.68 Å². The number of halogens is 2. The topological polar surface area (TPSA) is 69.6 Å². The maximum atomic E-state index is 6.17. The van der Waals surface area contributed by atoms with E-state index in [2.05, 4.69) is 15.5 Å². The van der Waals surface area contributed by atoms with Crippen LogP contribution in [0, 0.1) is 0 Å². The highest BCUT2D eigenvalue weighted by Crippen LogP contribution is 2.25. The lowest BCUT2D eigenvalue weighted by atomic mass is 10.2. The molecule has 0 amide bonds. The zero-order valence-electron chi connectivity index (χ0n) is 10.9. The number of hydrogen-bond acceptors (Lipinski definition) is 4. The van der Waals surface area contributed by atoms with Crippen LogP contribution >= 0.6 is 23.2 Å². The van der Waals surface area contributed by atoms with E-state index in [0.717, 1.165) is 11.1 Å². The second kappa shape index (κ2) is 5.71. The molecule has 0 atom stereocenters. The van der Waals surface area contributed by atoms with Crippen LogP contribution < -0.4 is 5.73 Å². The monoisotopic (exact) mass is 319 g/mol. The van der Waals surface area contributed by atoms with Crippen LogP contribution in [-0.4, -0.2) is 20.2 Å². The van der Waals surface area contributed by atoms with Crippen LogP contribution in [0.5, 0.6) is 0 Å². The number of tetrazole rings is 1. The average molecular weight is 320 g/mol. The molecule has 0 radical (unpaired) electrons. The predicted molar refractivity (Wildman–Crippen MR) is 83.2 cm³/mol. The van der Waals surface area contributed by atoms with E-state index >= 15 is 0 Å². The van der Waals surface area contributed by atoms with E-state index in [1.54, 1.807) is 22.9 Å². The number of nitrogens with two attached hydrogens (primary N) is 1. The van der Waals surface area contributed by atoms with Crippen LogP contribution in [0.3, 0.4) is 0 Å². The molecule has 0 saturated heterocycles. The van der Waals surface area contributed by atoms with Gasteiger partial charge in [0.2, 0.25) is 0 Å². The minimum absolute atomic E-state index is 0.467. The van der Waals surface area contributed by atoms with E-state index in [4.69, 9.17) is 28.9 Å². The average Bonchev–Trinajstić information content (AvgIpc) is 2.88. The van der Waals surface area contributed by atoms with Crippen molar-refractivity contribution in [3.05, 3.63) is 58.1 Å². The van der Waals surface area contributed by atoms with Crippen LogP contribution in [0.25, 0.3) is 11.4 Å². The Hall–Kier alpha value is -2.11. The van der Waals surface area contributed by atoms with Crippen molar-refractivity contribution in [2.75, 3.05) is 5.73 Å². The minimum Gasteiger partial charge on any atom is -0.399 e. The number of nitrogen functional groups attached to an aromatic ring is 1. The van der Waals surface area contributed by atoms with Crippen molar-refractivity contribution in [1.82, 2.24) is 20.2 Å². The lowest BCUT2D eigenvalue weighted by Gasteiger charge is -2.07. The number of hydrogen-bond donors (Lipinski definition) is 1. The second-order valence-corrected chi connectivity index (χ2v) is 5.37. The molecule has 0 saturated carbocycles. The lowest BCUT2D eigenvalue weighted by molar-refractivity contribution is 0.653. The van der Waals surface area contributed by atoms with Crippen LogP contribution in [-0.2, 0) is 6.54 Å². The van der Waals surface area contributed by atoms with Crippen molar-refractivity contribution in [2.24, 2.45) is 0 Å². The van der Waals surface area contributed by atoms with E-state index < -0.39 is 0 Å². The first kappa shape index (κ1) is 13.9. The largest absolute Gasteiger partial charge is 0.399 e. The molecular formula is C14H11Cl2N5. The fourth-order valence-corrected chi connectivity index (χ4v) is 2.49. The molecule has 3 aromatic rings. The molecule has 1 heterocycles. The van der Waals surface area contributed by atoms with E-state index in [9.17, 15) is 0 Å². The summed E-state index contributed by atoms with van der Waals surface area (Å²) in [5.41, 5.74) is 8.06. The highest BCUT2D eigenvalue weighted by Gasteiger charge is 2.12. The second-order valence-electron chi connectivity index (χ2n) is 4.52. The van der Waals surface area contributed by atoms with Gasteiger partial charge in [-0.05, 0) is 40.3 Å². The van der Waals surface area contributed by atoms with Gasteiger partial charge in [-0.15, -0.1) is 5.10 Å². The summed E-state index contributed by atoms with van der Waals surface area (Å²) in [5.74, 6) is 0.587. The van der Waals surface area contributed by atoms with Gasteiger partial charge >= 0.3 is 0 Å². The van der Waals surface area contributed by atoms with Gasteiger partial charge in [-0.2, -0.15) is 0 Å². The summed E-state index contributed by atoms with van der Waals surface area (Å²) in [7, 11) is 0. The summed E-state index contributed by atoms with van der Waals surface area (Å²) in [4.78, 5) is 0. The van der Waals surface area contributed by atoms with E-state index in [1.807, 2.05) is 24.3 Å². The van der Waals surface area contributed by atoms with Gasteiger partial charge < -0.3 is 5.73 Å². The Balaban J connectivity index is 1.99. The standard InChI is InChI=1S/C14H11Cl2N5/c15-11-5-10(6-12(17)7-11)14-18-19-20-21(14)8-9-3-1-2-4-13(9)16/h1-7H,8,17H2. The van der Waals surface area contributed by atoms with E-state index in [0.29, 0.717) is 28.1 Å². The molecule has 21 heavy (non-hydrogen) atoms. The molecule has 7 heteroatoms. The zero-order chi connectivity index (χ0) is 14.8. The van der Waals surface area contributed by atoms with Gasteiger partial charge in [-0.1, -0.05) is 41.4 Å². The summed E-state index contributed by atoms with van der Waals surface area (Å²) in [6.07, 6.45) is 0. The molecule has 3 rings (SSSR count). The SMILES string of the molecule is Nc1cc(Cl)cc(-c2nnnn2Cc2ccccc2Cl)c1. The van der Waals surface area contributed by atoms with Crippen LogP contribution in [0.2, 0.25) is 10.0 Å². The fraction of sp³-hybridized carbons (Fsp3) is 0.0714. The molecule has 0 fully saturated rings. The van der Waals surface area contributed by atoms with Gasteiger partial charge in [-0.3, -0.25) is 0 Å². The van der Waals surface area contributed by atoms with Crippen molar-refractivity contribution in [1.29, 1.82) is 0 Å². The third-order valence-electron chi connectivity index (χ3n) is 2.99. The predicted octanol–water partition coefficient (Wildman–Crippen LogP) is 3.28. The number of rotatable bonds is 3. The van der Waals surface area contributed by atoms with Gasteiger partial charge in [0.05, 0.1) is 6.54 Å². The summed E-state index contributed by atoms with van der Waals surface area (Å²) >= 11 is 12.2. The molecule has 0 spiro atoms. The Morgan fingerprint density at radius 3 is 2.67 bits per heavy atom. The van der Waals surface area contributed by atoms with Crippen molar-refractivity contribution in [3.8, 4) is 11.4 Å².